The molecule has 1 rings (SSSR count). The summed E-state index contributed by atoms with van der Waals surface area (Å²) in [6, 6.07) is 0. The average molecular weight is 307 g/mol. The first-order chi connectivity index (χ1) is 8.85. The van der Waals surface area contributed by atoms with Gasteiger partial charge in [-0.05, 0) is 18.9 Å². The van der Waals surface area contributed by atoms with Crippen molar-refractivity contribution in [1.29, 1.82) is 0 Å². The fourth-order valence-corrected chi connectivity index (χ4v) is 3.42. The van der Waals surface area contributed by atoms with Crippen LogP contribution in [0.4, 0.5) is 5.13 Å². The van der Waals surface area contributed by atoms with E-state index < -0.39 is 10.2 Å². The van der Waals surface area contributed by atoms with E-state index in [1.54, 1.807) is 0 Å². The van der Waals surface area contributed by atoms with Crippen LogP contribution in [0.5, 0.6) is 0 Å². The zero-order valence-corrected chi connectivity index (χ0v) is 13.1. The van der Waals surface area contributed by atoms with Gasteiger partial charge in [0, 0.05) is 20.0 Å². The third kappa shape index (κ3) is 5.39. The van der Waals surface area contributed by atoms with Crippen LogP contribution >= 0.6 is 11.3 Å². The summed E-state index contributed by atoms with van der Waals surface area (Å²) >= 11 is 1.27. The van der Waals surface area contributed by atoms with Gasteiger partial charge in [-0.25, -0.2) is 4.72 Å². The van der Waals surface area contributed by atoms with Gasteiger partial charge < -0.3 is 5.73 Å². The molecule has 0 spiro atoms. The first-order valence-electron chi connectivity index (χ1n) is 6.11. The van der Waals surface area contributed by atoms with Crippen LogP contribution in [-0.4, -0.2) is 43.1 Å². The van der Waals surface area contributed by atoms with Gasteiger partial charge >= 0.3 is 10.2 Å². The van der Waals surface area contributed by atoms with Crippen molar-refractivity contribution in [3.05, 3.63) is 5.01 Å². The van der Waals surface area contributed by atoms with E-state index in [1.165, 1.54) is 22.7 Å². The lowest BCUT2D eigenvalue weighted by molar-refractivity contribution is 0.468. The van der Waals surface area contributed by atoms with Crippen molar-refractivity contribution >= 4 is 26.7 Å². The smallest absolute Gasteiger partial charge is 0.303 e. The Balaban J connectivity index is 2.65. The van der Waals surface area contributed by atoms with Gasteiger partial charge in [0.15, 0.2) is 0 Å². The van der Waals surface area contributed by atoms with Gasteiger partial charge in [-0.3, -0.25) is 0 Å². The number of hydrogen-bond acceptors (Lipinski definition) is 6. The summed E-state index contributed by atoms with van der Waals surface area (Å²) < 4.78 is 27.5. The minimum Gasteiger partial charge on any atom is -0.330 e. The molecule has 0 aromatic carbocycles. The molecule has 0 aliphatic heterocycles. The number of nitrogens with two attached hydrogens (primary N) is 1. The lowest BCUT2D eigenvalue weighted by Crippen LogP contribution is -2.34. The number of rotatable bonds is 8. The highest BCUT2D eigenvalue weighted by Gasteiger charge is 2.19. The molecule has 1 heterocycles. The number of nitrogens with one attached hydrogen (secondary N) is 1. The van der Waals surface area contributed by atoms with E-state index in [-0.39, 0.29) is 0 Å². The van der Waals surface area contributed by atoms with E-state index in [4.69, 9.17) is 5.73 Å². The van der Waals surface area contributed by atoms with Crippen LogP contribution in [-0.2, 0) is 16.6 Å². The van der Waals surface area contributed by atoms with E-state index in [0.717, 1.165) is 11.4 Å². The number of nitrogens with zero attached hydrogens (tertiary/aromatic N) is 3. The van der Waals surface area contributed by atoms with Crippen LogP contribution in [0.15, 0.2) is 0 Å². The Bertz CT molecular complexity index is 486. The van der Waals surface area contributed by atoms with Gasteiger partial charge in [-0.1, -0.05) is 25.2 Å². The summed E-state index contributed by atoms with van der Waals surface area (Å²) in [4.78, 5) is 0. The van der Waals surface area contributed by atoms with E-state index in [1.807, 2.05) is 0 Å². The summed E-state index contributed by atoms with van der Waals surface area (Å²) in [7, 11) is -2.06. The van der Waals surface area contributed by atoms with E-state index in [2.05, 4.69) is 28.8 Å². The molecule has 7 nitrogen and oxygen atoms in total. The summed E-state index contributed by atoms with van der Waals surface area (Å²) in [5.41, 5.74) is 5.36. The van der Waals surface area contributed by atoms with Gasteiger partial charge in [-0.2, -0.15) is 12.7 Å². The molecule has 0 aliphatic carbocycles. The van der Waals surface area contributed by atoms with Crippen molar-refractivity contribution in [2.45, 2.75) is 26.7 Å². The fourth-order valence-electron chi connectivity index (χ4n) is 1.35. The van der Waals surface area contributed by atoms with Crippen LogP contribution < -0.4 is 10.5 Å². The largest absolute Gasteiger partial charge is 0.330 e. The first-order valence-corrected chi connectivity index (χ1v) is 8.37. The predicted molar refractivity (Wildman–Crippen MR) is 77.3 cm³/mol. The Labute approximate surface area is 118 Å². The summed E-state index contributed by atoms with van der Waals surface area (Å²) in [6.45, 7) is 4.98. The predicted octanol–water partition coefficient (Wildman–Crippen LogP) is 0.674. The number of hydrogen-bond donors (Lipinski definition) is 2. The second kappa shape index (κ2) is 7.13. The van der Waals surface area contributed by atoms with Crippen LogP contribution in [0.1, 0.15) is 25.3 Å². The molecule has 3 N–H and O–H groups in total. The molecular weight excluding hydrogens is 286 g/mol. The Morgan fingerprint density at radius 2 is 2.11 bits per heavy atom. The Morgan fingerprint density at radius 1 is 1.42 bits per heavy atom. The van der Waals surface area contributed by atoms with Crippen LogP contribution in [0.3, 0.4) is 0 Å². The minimum absolute atomic E-state index is 0.301. The molecule has 110 valence electrons. The van der Waals surface area contributed by atoms with Crippen molar-refractivity contribution < 1.29 is 8.42 Å². The molecule has 1 aromatic rings. The van der Waals surface area contributed by atoms with Gasteiger partial charge in [0.2, 0.25) is 5.13 Å². The van der Waals surface area contributed by atoms with Crippen molar-refractivity contribution in [2.75, 3.05) is 24.9 Å². The second-order valence-corrected chi connectivity index (χ2v) is 7.51. The standard InChI is InChI=1S/C10H21N5O2S2/c1-8(2)7-9-12-13-10(18-9)14-19(16,17)15(3)6-4-5-11/h8H,4-7,11H2,1-3H3,(H,13,14). The van der Waals surface area contributed by atoms with E-state index in [0.29, 0.717) is 30.6 Å². The second-order valence-electron chi connectivity index (χ2n) is 4.67. The topological polar surface area (TPSA) is 101 Å². The van der Waals surface area contributed by atoms with Crippen molar-refractivity contribution in [3.63, 3.8) is 0 Å². The minimum atomic E-state index is -3.57. The van der Waals surface area contributed by atoms with Crippen LogP contribution in [0.2, 0.25) is 0 Å². The number of anilines is 1. The van der Waals surface area contributed by atoms with Crippen LogP contribution in [0.25, 0.3) is 0 Å². The fraction of sp³-hybridized carbons (Fsp3) is 0.800. The molecule has 0 aliphatic rings. The van der Waals surface area contributed by atoms with Crippen molar-refractivity contribution in [3.8, 4) is 0 Å². The zero-order chi connectivity index (χ0) is 14.5. The quantitative estimate of drug-likeness (QED) is 0.735. The average Bonchev–Trinajstić information content (AvgIpc) is 2.71. The highest BCUT2D eigenvalue weighted by atomic mass is 32.2. The molecule has 0 saturated carbocycles. The molecule has 0 radical (unpaired) electrons. The Kier molecular flexibility index (Phi) is 6.11. The summed E-state index contributed by atoms with van der Waals surface area (Å²) in [5.74, 6) is 0.463. The third-order valence-corrected chi connectivity index (χ3v) is 4.80. The van der Waals surface area contributed by atoms with Gasteiger partial charge in [0.25, 0.3) is 0 Å². The molecular formula is C10H21N5O2S2. The van der Waals surface area contributed by atoms with Gasteiger partial charge in [0.05, 0.1) is 0 Å². The normalized spacial score (nSPS) is 12.3. The molecule has 0 bridgehead atoms. The molecule has 19 heavy (non-hydrogen) atoms. The molecule has 0 saturated heterocycles. The molecule has 0 amide bonds. The molecule has 1 aromatic heterocycles. The molecule has 0 atom stereocenters. The number of aromatic nitrogens is 2. The van der Waals surface area contributed by atoms with Gasteiger partial charge in [0.1, 0.15) is 5.01 Å². The maximum atomic E-state index is 12.0. The van der Waals surface area contributed by atoms with E-state index >= 15 is 0 Å². The van der Waals surface area contributed by atoms with Crippen molar-refractivity contribution in [2.24, 2.45) is 11.7 Å². The van der Waals surface area contributed by atoms with Crippen LogP contribution in [0, 0.1) is 5.92 Å². The Hall–Kier alpha value is -0.770. The first kappa shape index (κ1) is 16.3. The molecule has 0 fully saturated rings. The third-order valence-electron chi connectivity index (χ3n) is 2.35. The monoisotopic (exact) mass is 307 g/mol. The lowest BCUT2D eigenvalue weighted by Gasteiger charge is -2.16. The zero-order valence-electron chi connectivity index (χ0n) is 11.5. The van der Waals surface area contributed by atoms with E-state index in [9.17, 15) is 8.42 Å². The summed E-state index contributed by atoms with van der Waals surface area (Å²) in [5, 5.41) is 8.94. The SMILES string of the molecule is CC(C)Cc1nnc(NS(=O)(=O)N(C)CCCN)s1. The van der Waals surface area contributed by atoms with Gasteiger partial charge in [-0.15, -0.1) is 10.2 Å². The molecule has 0 unspecified atom stereocenters. The maximum absolute atomic E-state index is 12.0. The lowest BCUT2D eigenvalue weighted by atomic mass is 10.1. The maximum Gasteiger partial charge on any atom is 0.303 e. The highest BCUT2D eigenvalue weighted by Crippen LogP contribution is 2.19. The van der Waals surface area contributed by atoms with Crippen molar-refractivity contribution in [1.82, 2.24) is 14.5 Å². The molecule has 9 heteroatoms. The Morgan fingerprint density at radius 3 is 2.68 bits per heavy atom. The summed E-state index contributed by atoms with van der Waals surface area (Å²) in [6.07, 6.45) is 1.41. The highest BCUT2D eigenvalue weighted by molar-refractivity contribution is 7.90.